The van der Waals surface area contributed by atoms with E-state index in [0.717, 1.165) is 28.2 Å². The van der Waals surface area contributed by atoms with E-state index in [0.29, 0.717) is 23.7 Å². The normalized spacial score (nSPS) is 11.0. The third-order valence-corrected chi connectivity index (χ3v) is 5.16. The number of hydrogen-bond donors (Lipinski definition) is 1. The van der Waals surface area contributed by atoms with Crippen LogP contribution in [0.15, 0.2) is 30.5 Å². The van der Waals surface area contributed by atoms with Crippen molar-refractivity contribution in [3.05, 3.63) is 69.3 Å². The van der Waals surface area contributed by atoms with Crippen LogP contribution in [0.5, 0.6) is 0 Å². The zero-order valence-corrected chi connectivity index (χ0v) is 16.1. The molecule has 26 heavy (non-hydrogen) atoms. The predicted octanol–water partition coefficient (Wildman–Crippen LogP) is 3.17. The van der Waals surface area contributed by atoms with Gasteiger partial charge in [0.25, 0.3) is 5.91 Å². The number of nitrogens with one attached hydrogen (secondary N) is 1. The Morgan fingerprint density at radius 1 is 1.15 bits per heavy atom. The molecule has 1 N–H and O–H groups in total. The quantitative estimate of drug-likeness (QED) is 0.749. The van der Waals surface area contributed by atoms with Crippen LogP contribution in [0.25, 0.3) is 0 Å². The third kappa shape index (κ3) is 3.65. The van der Waals surface area contributed by atoms with Gasteiger partial charge in [-0.2, -0.15) is 10.2 Å². The fourth-order valence-electron chi connectivity index (χ4n) is 2.76. The molecule has 2 aromatic heterocycles. The van der Waals surface area contributed by atoms with Crippen LogP contribution in [0.3, 0.4) is 0 Å². The van der Waals surface area contributed by atoms with Crippen molar-refractivity contribution in [2.75, 3.05) is 0 Å². The third-order valence-electron chi connectivity index (χ3n) is 4.62. The Bertz CT molecular complexity index is 940. The smallest absolute Gasteiger partial charge is 0.251 e. The molecule has 136 valence electrons. The molecule has 0 atom stereocenters. The summed E-state index contributed by atoms with van der Waals surface area (Å²) >= 11 is 6.19. The number of carbonyl (C=O) groups is 1. The van der Waals surface area contributed by atoms with Gasteiger partial charge in [-0.25, -0.2) is 0 Å². The van der Waals surface area contributed by atoms with Crippen molar-refractivity contribution in [2.45, 2.75) is 33.9 Å². The Labute approximate surface area is 157 Å². The zero-order chi connectivity index (χ0) is 18.8. The van der Waals surface area contributed by atoms with Gasteiger partial charge in [0.2, 0.25) is 0 Å². The highest BCUT2D eigenvalue weighted by Gasteiger charge is 2.11. The first-order chi connectivity index (χ1) is 12.4. The SMILES string of the molecule is Cc1nn(Cc2ccc(C(=O)NCc3cnn(C)c3C)cc2)c(C)c1Cl. The Morgan fingerprint density at radius 2 is 1.85 bits per heavy atom. The molecule has 0 radical (unpaired) electrons. The standard InChI is InChI=1S/C19H22ClN5O/c1-12-18(20)14(3)25(23-12)11-15-5-7-16(8-6-15)19(26)21-9-17-10-22-24(4)13(17)2/h5-8,10H,9,11H2,1-4H3,(H,21,26). The van der Waals surface area contributed by atoms with Crippen molar-refractivity contribution in [3.8, 4) is 0 Å². The molecule has 3 aromatic rings. The first-order valence-corrected chi connectivity index (χ1v) is 8.78. The Morgan fingerprint density at radius 3 is 2.38 bits per heavy atom. The average molecular weight is 372 g/mol. The average Bonchev–Trinajstić information content (AvgIpc) is 3.08. The van der Waals surface area contributed by atoms with E-state index in [1.807, 2.05) is 56.8 Å². The zero-order valence-electron chi connectivity index (χ0n) is 15.4. The minimum absolute atomic E-state index is 0.103. The Balaban J connectivity index is 1.64. The number of halogens is 1. The Hall–Kier alpha value is -2.60. The molecular formula is C19H22ClN5O. The van der Waals surface area contributed by atoms with E-state index >= 15 is 0 Å². The number of aryl methyl sites for hydroxylation is 2. The number of benzene rings is 1. The summed E-state index contributed by atoms with van der Waals surface area (Å²) in [6.07, 6.45) is 1.78. The van der Waals surface area contributed by atoms with Crippen LogP contribution in [-0.4, -0.2) is 25.5 Å². The van der Waals surface area contributed by atoms with Crippen molar-refractivity contribution in [1.29, 1.82) is 0 Å². The molecule has 0 bridgehead atoms. The lowest BCUT2D eigenvalue weighted by molar-refractivity contribution is 0.0951. The maximum Gasteiger partial charge on any atom is 0.251 e. The molecular weight excluding hydrogens is 350 g/mol. The van der Waals surface area contributed by atoms with Crippen molar-refractivity contribution >= 4 is 17.5 Å². The summed E-state index contributed by atoms with van der Waals surface area (Å²) in [5, 5.41) is 12.2. The molecule has 0 aliphatic rings. The molecule has 0 spiro atoms. The summed E-state index contributed by atoms with van der Waals surface area (Å²) in [4.78, 5) is 12.3. The van der Waals surface area contributed by atoms with E-state index in [1.54, 1.807) is 10.9 Å². The van der Waals surface area contributed by atoms with Gasteiger partial charge in [-0.3, -0.25) is 14.2 Å². The maximum atomic E-state index is 12.3. The first kappa shape index (κ1) is 18.2. The lowest BCUT2D eigenvalue weighted by Crippen LogP contribution is -2.23. The molecule has 0 aliphatic carbocycles. The van der Waals surface area contributed by atoms with E-state index in [2.05, 4.69) is 15.5 Å². The second kappa shape index (κ2) is 7.33. The van der Waals surface area contributed by atoms with Crippen molar-refractivity contribution < 1.29 is 4.79 Å². The van der Waals surface area contributed by atoms with Crippen LogP contribution >= 0.6 is 11.6 Å². The minimum Gasteiger partial charge on any atom is -0.348 e. The molecule has 6 nitrogen and oxygen atoms in total. The van der Waals surface area contributed by atoms with Gasteiger partial charge in [-0.05, 0) is 38.5 Å². The van der Waals surface area contributed by atoms with E-state index < -0.39 is 0 Å². The van der Waals surface area contributed by atoms with Crippen LogP contribution in [0.2, 0.25) is 5.02 Å². The number of carbonyl (C=O) groups excluding carboxylic acids is 1. The van der Waals surface area contributed by atoms with Crippen molar-refractivity contribution in [1.82, 2.24) is 24.9 Å². The molecule has 0 fully saturated rings. The number of rotatable bonds is 5. The first-order valence-electron chi connectivity index (χ1n) is 8.41. The molecule has 0 unspecified atom stereocenters. The highest BCUT2D eigenvalue weighted by atomic mass is 35.5. The molecule has 2 heterocycles. The van der Waals surface area contributed by atoms with E-state index in [4.69, 9.17) is 11.6 Å². The second-order valence-electron chi connectivity index (χ2n) is 6.40. The molecule has 1 amide bonds. The van der Waals surface area contributed by atoms with Gasteiger partial charge in [-0.1, -0.05) is 23.7 Å². The van der Waals surface area contributed by atoms with Gasteiger partial charge >= 0.3 is 0 Å². The van der Waals surface area contributed by atoms with E-state index in [1.165, 1.54) is 0 Å². The molecule has 0 saturated carbocycles. The van der Waals surface area contributed by atoms with Crippen molar-refractivity contribution in [3.63, 3.8) is 0 Å². The van der Waals surface area contributed by atoms with Crippen molar-refractivity contribution in [2.24, 2.45) is 7.05 Å². The van der Waals surface area contributed by atoms with Gasteiger partial charge in [0.05, 0.1) is 29.2 Å². The molecule has 1 aromatic carbocycles. The molecule has 7 heteroatoms. The Kier molecular flexibility index (Phi) is 5.13. The number of aromatic nitrogens is 4. The fourth-order valence-corrected chi connectivity index (χ4v) is 2.89. The summed E-state index contributed by atoms with van der Waals surface area (Å²) in [6, 6.07) is 7.53. The van der Waals surface area contributed by atoms with Gasteiger partial charge in [-0.15, -0.1) is 0 Å². The molecule has 3 rings (SSSR count). The summed E-state index contributed by atoms with van der Waals surface area (Å²) in [5.74, 6) is -0.103. The van der Waals surface area contributed by atoms with Crippen LogP contribution in [0.4, 0.5) is 0 Å². The predicted molar refractivity (Wildman–Crippen MR) is 101 cm³/mol. The number of hydrogen-bond acceptors (Lipinski definition) is 3. The summed E-state index contributed by atoms with van der Waals surface area (Å²) in [7, 11) is 1.88. The van der Waals surface area contributed by atoms with Gasteiger partial charge in [0.1, 0.15) is 0 Å². The highest BCUT2D eigenvalue weighted by Crippen LogP contribution is 2.20. The van der Waals surface area contributed by atoms with E-state index in [-0.39, 0.29) is 5.91 Å². The van der Waals surface area contributed by atoms with Crippen LogP contribution in [0, 0.1) is 20.8 Å². The monoisotopic (exact) mass is 371 g/mol. The lowest BCUT2D eigenvalue weighted by atomic mass is 10.1. The van der Waals surface area contributed by atoms with Crippen LogP contribution in [-0.2, 0) is 20.1 Å². The maximum absolute atomic E-state index is 12.3. The second-order valence-corrected chi connectivity index (χ2v) is 6.78. The lowest BCUT2D eigenvalue weighted by Gasteiger charge is -2.08. The topological polar surface area (TPSA) is 64.7 Å². The summed E-state index contributed by atoms with van der Waals surface area (Å²) < 4.78 is 3.67. The largest absolute Gasteiger partial charge is 0.348 e. The van der Waals surface area contributed by atoms with Gasteiger partial charge < -0.3 is 5.32 Å². The van der Waals surface area contributed by atoms with Crippen LogP contribution in [0.1, 0.15) is 38.6 Å². The van der Waals surface area contributed by atoms with Gasteiger partial charge in [0.15, 0.2) is 0 Å². The summed E-state index contributed by atoms with van der Waals surface area (Å²) in [6.45, 7) is 6.91. The van der Waals surface area contributed by atoms with Gasteiger partial charge in [0, 0.05) is 30.4 Å². The molecule has 0 saturated heterocycles. The highest BCUT2D eigenvalue weighted by molar-refractivity contribution is 6.31. The number of amides is 1. The summed E-state index contributed by atoms with van der Waals surface area (Å²) in [5.41, 5.74) is 5.51. The fraction of sp³-hybridized carbons (Fsp3) is 0.316. The van der Waals surface area contributed by atoms with Crippen LogP contribution < -0.4 is 5.32 Å². The number of nitrogens with zero attached hydrogens (tertiary/aromatic N) is 4. The van der Waals surface area contributed by atoms with E-state index in [9.17, 15) is 4.79 Å². The molecule has 0 aliphatic heterocycles. The minimum atomic E-state index is -0.103.